The number of nitrogens with one attached hydrogen (secondary N) is 1. The number of ether oxygens (including phenoxy) is 1. The van der Waals surface area contributed by atoms with E-state index in [1.165, 1.54) is 12.1 Å². The van der Waals surface area contributed by atoms with Crippen LogP contribution in [-0.4, -0.2) is 6.61 Å². The van der Waals surface area contributed by atoms with E-state index in [1.807, 2.05) is 24.3 Å². The van der Waals surface area contributed by atoms with Crippen LogP contribution in [0.1, 0.15) is 28.8 Å². The lowest BCUT2D eigenvalue weighted by molar-refractivity contribution is 0.0138. The predicted octanol–water partition coefficient (Wildman–Crippen LogP) is 2.78. The van der Waals surface area contributed by atoms with Crippen LogP contribution in [0.5, 0.6) is 0 Å². The second-order valence-electron chi connectivity index (χ2n) is 5.05. The first-order chi connectivity index (χ1) is 10.2. The summed E-state index contributed by atoms with van der Waals surface area (Å²) in [6, 6.07) is 10.7. The van der Waals surface area contributed by atoms with Crippen LogP contribution in [0.15, 0.2) is 42.5 Å². The monoisotopic (exact) mass is 290 g/mol. The minimum Gasteiger partial charge on any atom is -0.371 e. The van der Waals surface area contributed by atoms with Crippen LogP contribution in [0.25, 0.3) is 0 Å². The maximum atomic E-state index is 14.0. The summed E-state index contributed by atoms with van der Waals surface area (Å²) in [7, 11) is 0. The van der Waals surface area contributed by atoms with Gasteiger partial charge in [0.2, 0.25) is 0 Å². The Bertz CT molecular complexity index is 648. The van der Waals surface area contributed by atoms with Crippen molar-refractivity contribution < 1.29 is 13.5 Å². The molecule has 3 nitrogen and oxygen atoms in total. The Balaban J connectivity index is 2.01. The highest BCUT2D eigenvalue weighted by Crippen LogP contribution is 2.37. The van der Waals surface area contributed by atoms with E-state index in [1.54, 1.807) is 0 Å². The normalized spacial score (nSPS) is 19.1. The number of hydrogen-bond donors (Lipinski definition) is 2. The SMILES string of the molecule is NNC(c1ccc(F)cc1F)C1OCCc2ccccc21. The van der Waals surface area contributed by atoms with E-state index in [0.717, 1.165) is 23.6 Å². The van der Waals surface area contributed by atoms with Crippen LogP contribution in [0.4, 0.5) is 8.78 Å². The Morgan fingerprint density at radius 1 is 1.19 bits per heavy atom. The maximum absolute atomic E-state index is 14.0. The summed E-state index contributed by atoms with van der Waals surface area (Å²) in [5.41, 5.74) is 5.04. The van der Waals surface area contributed by atoms with E-state index < -0.39 is 23.8 Å². The average molecular weight is 290 g/mol. The molecule has 5 heteroatoms. The third-order valence-corrected chi connectivity index (χ3v) is 3.81. The summed E-state index contributed by atoms with van der Waals surface area (Å²) in [4.78, 5) is 0. The Kier molecular flexibility index (Phi) is 3.96. The number of nitrogens with two attached hydrogens (primary N) is 1. The molecular weight excluding hydrogens is 274 g/mol. The van der Waals surface area contributed by atoms with Gasteiger partial charge in [0.1, 0.15) is 17.7 Å². The minimum atomic E-state index is -0.635. The number of benzene rings is 2. The molecule has 0 fully saturated rings. The van der Waals surface area contributed by atoms with Gasteiger partial charge in [-0.15, -0.1) is 0 Å². The van der Waals surface area contributed by atoms with E-state index in [0.29, 0.717) is 12.2 Å². The van der Waals surface area contributed by atoms with Gasteiger partial charge in [-0.1, -0.05) is 30.3 Å². The third kappa shape index (κ3) is 2.68. The first-order valence-electron chi connectivity index (χ1n) is 6.81. The molecule has 0 spiro atoms. The molecular formula is C16H16F2N2O. The van der Waals surface area contributed by atoms with Crippen molar-refractivity contribution in [3.63, 3.8) is 0 Å². The molecule has 0 radical (unpaired) electrons. The van der Waals surface area contributed by atoms with Crippen molar-refractivity contribution in [3.05, 3.63) is 70.8 Å². The Labute approximate surface area is 121 Å². The molecule has 0 amide bonds. The zero-order valence-corrected chi connectivity index (χ0v) is 11.4. The molecule has 0 saturated carbocycles. The van der Waals surface area contributed by atoms with Gasteiger partial charge in [-0.2, -0.15) is 0 Å². The average Bonchev–Trinajstić information content (AvgIpc) is 2.50. The van der Waals surface area contributed by atoms with E-state index in [-0.39, 0.29) is 0 Å². The van der Waals surface area contributed by atoms with E-state index >= 15 is 0 Å². The molecule has 2 aromatic rings. The number of hydrogen-bond acceptors (Lipinski definition) is 3. The maximum Gasteiger partial charge on any atom is 0.131 e. The molecule has 2 unspecified atom stereocenters. The summed E-state index contributed by atoms with van der Waals surface area (Å²) in [6.45, 7) is 0.544. The Morgan fingerprint density at radius 3 is 2.76 bits per heavy atom. The van der Waals surface area contributed by atoms with Gasteiger partial charge in [0, 0.05) is 11.6 Å². The van der Waals surface area contributed by atoms with Gasteiger partial charge in [-0.25, -0.2) is 14.2 Å². The highest BCUT2D eigenvalue weighted by molar-refractivity contribution is 5.34. The highest BCUT2D eigenvalue weighted by Gasteiger charge is 2.31. The number of rotatable bonds is 3. The molecule has 2 atom stereocenters. The third-order valence-electron chi connectivity index (χ3n) is 3.81. The fourth-order valence-corrected chi connectivity index (χ4v) is 2.79. The summed E-state index contributed by atoms with van der Waals surface area (Å²) >= 11 is 0. The summed E-state index contributed by atoms with van der Waals surface area (Å²) < 4.78 is 32.9. The minimum absolute atomic E-state index is 0.292. The molecule has 1 heterocycles. The van der Waals surface area contributed by atoms with Crippen LogP contribution in [0.2, 0.25) is 0 Å². The Hall–Kier alpha value is -1.82. The molecule has 1 aliphatic heterocycles. The molecule has 2 aromatic carbocycles. The van der Waals surface area contributed by atoms with Gasteiger partial charge in [-0.3, -0.25) is 5.84 Å². The zero-order chi connectivity index (χ0) is 14.8. The van der Waals surface area contributed by atoms with Crippen LogP contribution >= 0.6 is 0 Å². The predicted molar refractivity (Wildman–Crippen MR) is 75.3 cm³/mol. The van der Waals surface area contributed by atoms with Crippen molar-refractivity contribution in [1.82, 2.24) is 5.43 Å². The highest BCUT2D eigenvalue weighted by atomic mass is 19.1. The van der Waals surface area contributed by atoms with Crippen molar-refractivity contribution in [2.45, 2.75) is 18.6 Å². The smallest absolute Gasteiger partial charge is 0.131 e. The van der Waals surface area contributed by atoms with Crippen LogP contribution < -0.4 is 11.3 Å². The molecule has 0 bridgehead atoms. The van der Waals surface area contributed by atoms with Gasteiger partial charge < -0.3 is 4.74 Å². The van der Waals surface area contributed by atoms with Crippen molar-refractivity contribution >= 4 is 0 Å². The molecule has 1 aliphatic rings. The van der Waals surface area contributed by atoms with Gasteiger partial charge in [0.15, 0.2) is 0 Å². The zero-order valence-electron chi connectivity index (χ0n) is 11.4. The van der Waals surface area contributed by atoms with Crippen molar-refractivity contribution in [1.29, 1.82) is 0 Å². The molecule has 110 valence electrons. The largest absolute Gasteiger partial charge is 0.371 e. The van der Waals surface area contributed by atoms with Gasteiger partial charge in [-0.05, 0) is 23.6 Å². The van der Waals surface area contributed by atoms with Crippen molar-refractivity contribution in [2.75, 3.05) is 6.61 Å². The van der Waals surface area contributed by atoms with Crippen LogP contribution in [-0.2, 0) is 11.2 Å². The van der Waals surface area contributed by atoms with Crippen molar-refractivity contribution in [2.24, 2.45) is 5.84 Å². The molecule has 0 aliphatic carbocycles. The fraction of sp³-hybridized carbons (Fsp3) is 0.250. The second kappa shape index (κ2) is 5.89. The van der Waals surface area contributed by atoms with E-state index in [4.69, 9.17) is 10.6 Å². The first-order valence-corrected chi connectivity index (χ1v) is 6.81. The molecule has 0 aromatic heterocycles. The summed E-state index contributed by atoms with van der Waals surface area (Å²) in [5, 5.41) is 0. The topological polar surface area (TPSA) is 47.3 Å². The van der Waals surface area contributed by atoms with E-state index in [9.17, 15) is 8.78 Å². The van der Waals surface area contributed by atoms with Gasteiger partial charge >= 0.3 is 0 Å². The summed E-state index contributed by atoms with van der Waals surface area (Å²) in [5.74, 6) is 4.36. The molecule has 21 heavy (non-hydrogen) atoms. The molecule has 0 saturated heterocycles. The standard InChI is InChI=1S/C16H16F2N2O/c17-11-5-6-13(14(18)9-11)15(20-19)16-12-4-2-1-3-10(12)7-8-21-16/h1-6,9,15-16,20H,7-8,19H2. The van der Waals surface area contributed by atoms with E-state index in [2.05, 4.69) is 5.43 Å². The number of fused-ring (bicyclic) bond motifs is 1. The van der Waals surface area contributed by atoms with Crippen LogP contribution in [0.3, 0.4) is 0 Å². The van der Waals surface area contributed by atoms with Gasteiger partial charge in [0.25, 0.3) is 0 Å². The summed E-state index contributed by atoms with van der Waals surface area (Å²) in [6.07, 6.45) is 0.412. The number of halogens is 2. The number of hydrazine groups is 1. The lowest BCUT2D eigenvalue weighted by Gasteiger charge is -2.32. The Morgan fingerprint density at radius 2 is 2.00 bits per heavy atom. The molecule has 3 N–H and O–H groups in total. The molecule has 3 rings (SSSR count). The lowest BCUT2D eigenvalue weighted by Crippen LogP contribution is -2.36. The lowest BCUT2D eigenvalue weighted by atomic mass is 9.90. The second-order valence-corrected chi connectivity index (χ2v) is 5.05. The fourth-order valence-electron chi connectivity index (χ4n) is 2.79. The quantitative estimate of drug-likeness (QED) is 0.675. The van der Waals surface area contributed by atoms with Crippen LogP contribution in [0, 0.1) is 11.6 Å². The van der Waals surface area contributed by atoms with Crippen molar-refractivity contribution in [3.8, 4) is 0 Å². The van der Waals surface area contributed by atoms with Gasteiger partial charge in [0.05, 0.1) is 12.6 Å². The first kappa shape index (κ1) is 14.1.